The molecule has 7 heteroatoms. The smallest absolute Gasteiger partial charge is 0.278 e. The molecule has 0 radical (unpaired) electrons. The van der Waals surface area contributed by atoms with Crippen LogP contribution >= 0.6 is 15.9 Å². The number of nitrogen functional groups attached to an aromatic ring is 1. The van der Waals surface area contributed by atoms with Gasteiger partial charge in [-0.25, -0.2) is 0 Å². The summed E-state index contributed by atoms with van der Waals surface area (Å²) < 4.78 is 5.98. The topological polar surface area (TPSA) is 93.0 Å². The lowest BCUT2D eigenvalue weighted by Crippen LogP contribution is -2.14. The van der Waals surface area contributed by atoms with Crippen molar-refractivity contribution >= 4 is 33.2 Å². The minimum Gasteiger partial charge on any atom is -0.495 e. The van der Waals surface area contributed by atoms with Crippen LogP contribution in [0.3, 0.4) is 0 Å². The molecule has 6 nitrogen and oxygen atoms in total. The molecule has 0 spiro atoms. The van der Waals surface area contributed by atoms with Gasteiger partial charge < -0.3 is 15.8 Å². The summed E-state index contributed by atoms with van der Waals surface area (Å²) in [7, 11) is 1.56. The number of carbonyl (C=O) groups is 1. The largest absolute Gasteiger partial charge is 0.495 e. The number of nitrogens with zero attached hydrogens (tertiary/aromatic N) is 1. The predicted octanol–water partition coefficient (Wildman–Crippen LogP) is 2.58. The van der Waals surface area contributed by atoms with Gasteiger partial charge >= 0.3 is 0 Å². The molecule has 106 valence electrons. The Morgan fingerprint density at radius 3 is 2.90 bits per heavy atom. The molecule has 4 N–H and O–H groups in total. The van der Waals surface area contributed by atoms with Crippen LogP contribution in [0, 0.1) is 0 Å². The van der Waals surface area contributed by atoms with Crippen molar-refractivity contribution in [3.8, 4) is 5.75 Å². The average Bonchev–Trinajstić information content (AvgIpc) is 2.82. The maximum absolute atomic E-state index is 12.1. The van der Waals surface area contributed by atoms with Gasteiger partial charge in [-0.15, -0.1) is 0 Å². The first-order valence-electron chi connectivity index (χ1n) is 6.04. The minimum absolute atomic E-state index is 0.198. The number of methoxy groups -OCH3 is 1. The lowest BCUT2D eigenvalue weighted by atomic mass is 10.2. The Kier molecular flexibility index (Phi) is 4.29. The van der Waals surface area contributed by atoms with Crippen molar-refractivity contribution in [3.63, 3.8) is 0 Å². The van der Waals surface area contributed by atoms with Crippen LogP contribution in [0.1, 0.15) is 23.1 Å². The van der Waals surface area contributed by atoms with Gasteiger partial charge in [0, 0.05) is 11.8 Å². The van der Waals surface area contributed by atoms with E-state index in [2.05, 4.69) is 31.4 Å². The Bertz CT molecular complexity index is 639. The summed E-state index contributed by atoms with van der Waals surface area (Å²) in [6.45, 7) is 1.94. The highest BCUT2D eigenvalue weighted by Crippen LogP contribution is 2.28. The molecule has 2 aromatic rings. The van der Waals surface area contributed by atoms with Crippen molar-refractivity contribution in [3.05, 3.63) is 34.1 Å². The third kappa shape index (κ3) is 2.77. The van der Waals surface area contributed by atoms with Crippen LogP contribution in [0.15, 0.2) is 22.7 Å². The van der Waals surface area contributed by atoms with E-state index in [1.54, 1.807) is 25.3 Å². The van der Waals surface area contributed by atoms with Gasteiger partial charge in [-0.3, -0.25) is 9.89 Å². The normalized spacial score (nSPS) is 10.3. The number of aryl methyl sites for hydroxylation is 1. The number of H-pyrrole nitrogens is 1. The van der Waals surface area contributed by atoms with E-state index in [0.717, 1.165) is 10.2 Å². The standard InChI is InChI=1S/C13H15BrN4O2/c1-3-9-11(15)12(18-17-9)13(19)16-7-4-5-8(14)10(6-7)20-2/h4-6H,3,15H2,1-2H3,(H,16,19)(H,17,18). The van der Waals surface area contributed by atoms with Crippen molar-refractivity contribution in [1.29, 1.82) is 0 Å². The number of nitrogens with one attached hydrogen (secondary N) is 2. The summed E-state index contributed by atoms with van der Waals surface area (Å²) in [4.78, 5) is 12.1. The number of hydrogen-bond donors (Lipinski definition) is 3. The molecule has 1 aromatic carbocycles. The lowest BCUT2D eigenvalue weighted by molar-refractivity contribution is 0.102. The van der Waals surface area contributed by atoms with E-state index in [1.165, 1.54) is 0 Å². The monoisotopic (exact) mass is 338 g/mol. The maximum atomic E-state index is 12.1. The van der Waals surface area contributed by atoms with E-state index in [1.807, 2.05) is 6.92 Å². The van der Waals surface area contributed by atoms with Crippen LogP contribution in [0.2, 0.25) is 0 Å². The summed E-state index contributed by atoms with van der Waals surface area (Å²) in [5.41, 5.74) is 7.80. The van der Waals surface area contributed by atoms with Crippen molar-refractivity contribution in [2.45, 2.75) is 13.3 Å². The Morgan fingerprint density at radius 2 is 2.30 bits per heavy atom. The van der Waals surface area contributed by atoms with Crippen LogP contribution in [0.25, 0.3) is 0 Å². The molecule has 1 aromatic heterocycles. The van der Waals surface area contributed by atoms with E-state index in [9.17, 15) is 4.79 Å². The summed E-state index contributed by atoms with van der Waals surface area (Å²) in [5.74, 6) is 0.273. The average molecular weight is 339 g/mol. The zero-order valence-electron chi connectivity index (χ0n) is 11.2. The first-order chi connectivity index (χ1) is 9.56. The van der Waals surface area contributed by atoms with Gasteiger partial charge in [0.2, 0.25) is 0 Å². The van der Waals surface area contributed by atoms with Gasteiger partial charge in [0.1, 0.15) is 5.75 Å². The van der Waals surface area contributed by atoms with E-state index >= 15 is 0 Å². The number of halogens is 1. The molecule has 0 aliphatic carbocycles. The van der Waals surface area contributed by atoms with Crippen LogP contribution in [0.5, 0.6) is 5.75 Å². The predicted molar refractivity (Wildman–Crippen MR) is 81.0 cm³/mol. The number of aromatic amines is 1. The number of carbonyl (C=O) groups excluding carboxylic acids is 1. The molecule has 0 saturated heterocycles. The number of nitrogens with two attached hydrogens (primary N) is 1. The molecular weight excluding hydrogens is 324 g/mol. The van der Waals surface area contributed by atoms with Gasteiger partial charge in [-0.1, -0.05) is 6.92 Å². The number of hydrogen-bond acceptors (Lipinski definition) is 4. The minimum atomic E-state index is -0.358. The molecule has 0 saturated carbocycles. The lowest BCUT2D eigenvalue weighted by Gasteiger charge is -2.08. The van der Waals surface area contributed by atoms with Gasteiger partial charge in [0.15, 0.2) is 5.69 Å². The van der Waals surface area contributed by atoms with Crippen molar-refractivity contribution < 1.29 is 9.53 Å². The second-order valence-electron chi connectivity index (χ2n) is 4.12. The number of anilines is 2. The zero-order valence-corrected chi connectivity index (χ0v) is 12.7. The van der Waals surface area contributed by atoms with Crippen molar-refractivity contribution in [1.82, 2.24) is 10.2 Å². The van der Waals surface area contributed by atoms with Gasteiger partial charge in [-0.2, -0.15) is 5.10 Å². The first kappa shape index (κ1) is 14.4. The highest BCUT2D eigenvalue weighted by atomic mass is 79.9. The highest BCUT2D eigenvalue weighted by molar-refractivity contribution is 9.10. The zero-order chi connectivity index (χ0) is 14.7. The van der Waals surface area contributed by atoms with Crippen molar-refractivity contribution in [2.24, 2.45) is 0 Å². The second-order valence-corrected chi connectivity index (χ2v) is 4.98. The molecular formula is C13H15BrN4O2. The molecule has 2 rings (SSSR count). The third-order valence-corrected chi connectivity index (χ3v) is 3.52. The Morgan fingerprint density at radius 1 is 1.55 bits per heavy atom. The summed E-state index contributed by atoms with van der Waals surface area (Å²) >= 11 is 3.35. The number of aromatic nitrogens is 2. The van der Waals surface area contributed by atoms with E-state index in [0.29, 0.717) is 23.5 Å². The molecule has 1 heterocycles. The molecule has 20 heavy (non-hydrogen) atoms. The van der Waals surface area contributed by atoms with Gasteiger partial charge in [0.25, 0.3) is 5.91 Å². The van der Waals surface area contributed by atoms with Crippen LogP contribution < -0.4 is 15.8 Å². The fraction of sp³-hybridized carbons (Fsp3) is 0.231. The quantitative estimate of drug-likeness (QED) is 0.798. The summed E-state index contributed by atoms with van der Waals surface area (Å²) in [6.07, 6.45) is 0.693. The van der Waals surface area contributed by atoms with E-state index in [-0.39, 0.29) is 11.6 Å². The fourth-order valence-electron chi connectivity index (χ4n) is 1.76. The molecule has 0 fully saturated rings. The molecule has 0 bridgehead atoms. The summed E-state index contributed by atoms with van der Waals surface area (Å²) in [6, 6.07) is 5.26. The first-order valence-corrected chi connectivity index (χ1v) is 6.83. The van der Waals surface area contributed by atoms with E-state index < -0.39 is 0 Å². The molecule has 1 amide bonds. The maximum Gasteiger partial charge on any atom is 0.278 e. The van der Waals surface area contributed by atoms with Crippen LogP contribution in [-0.2, 0) is 6.42 Å². The second kappa shape index (κ2) is 5.96. The van der Waals surface area contributed by atoms with Gasteiger partial charge in [-0.05, 0) is 34.5 Å². The Labute approximate surface area is 124 Å². The number of benzene rings is 1. The number of ether oxygens (including phenoxy) is 1. The van der Waals surface area contributed by atoms with Crippen LogP contribution in [0.4, 0.5) is 11.4 Å². The number of rotatable bonds is 4. The third-order valence-electron chi connectivity index (χ3n) is 2.86. The Balaban J connectivity index is 2.21. The van der Waals surface area contributed by atoms with Gasteiger partial charge in [0.05, 0.1) is 23.0 Å². The fourth-order valence-corrected chi connectivity index (χ4v) is 2.17. The summed E-state index contributed by atoms with van der Waals surface area (Å²) in [5, 5.41) is 9.43. The molecule has 0 atom stereocenters. The Hall–Kier alpha value is -2.02. The molecule has 0 unspecified atom stereocenters. The van der Waals surface area contributed by atoms with E-state index in [4.69, 9.17) is 10.5 Å². The van der Waals surface area contributed by atoms with Crippen LogP contribution in [-0.4, -0.2) is 23.2 Å². The molecule has 0 aliphatic heterocycles. The SMILES string of the molecule is CCc1[nH]nc(C(=O)Nc2ccc(Br)c(OC)c2)c1N. The molecule has 0 aliphatic rings. The number of amides is 1. The van der Waals surface area contributed by atoms with Crippen molar-refractivity contribution in [2.75, 3.05) is 18.2 Å². The highest BCUT2D eigenvalue weighted by Gasteiger charge is 2.16.